The Morgan fingerprint density at radius 1 is 1.71 bits per heavy atom. The standard InChI is InChI=1S/C8H10IN3O2/c9-6-3-10-12(4-6)7-1-2-11(5-7)8(13)14/h3-4,7H,1-2,5H2,(H,13,14). The molecule has 1 atom stereocenters. The third kappa shape index (κ3) is 1.84. The molecule has 5 nitrogen and oxygen atoms in total. The summed E-state index contributed by atoms with van der Waals surface area (Å²) in [5.41, 5.74) is 0. The Hall–Kier alpha value is -0.790. The number of hydrogen-bond acceptors (Lipinski definition) is 2. The van der Waals surface area contributed by atoms with E-state index in [1.54, 1.807) is 6.20 Å². The van der Waals surface area contributed by atoms with Gasteiger partial charge in [0.25, 0.3) is 0 Å². The van der Waals surface area contributed by atoms with Crippen LogP contribution in [0.15, 0.2) is 12.4 Å². The van der Waals surface area contributed by atoms with Gasteiger partial charge in [-0.1, -0.05) is 0 Å². The second kappa shape index (κ2) is 3.76. The number of rotatable bonds is 1. The fourth-order valence-corrected chi connectivity index (χ4v) is 2.06. The molecule has 76 valence electrons. The van der Waals surface area contributed by atoms with Gasteiger partial charge >= 0.3 is 6.09 Å². The lowest BCUT2D eigenvalue weighted by atomic mass is 10.3. The van der Waals surface area contributed by atoms with E-state index in [9.17, 15) is 4.79 Å². The van der Waals surface area contributed by atoms with E-state index in [1.165, 1.54) is 4.90 Å². The maximum Gasteiger partial charge on any atom is 0.407 e. The van der Waals surface area contributed by atoms with E-state index in [4.69, 9.17) is 5.11 Å². The van der Waals surface area contributed by atoms with Gasteiger partial charge in [-0.05, 0) is 29.0 Å². The van der Waals surface area contributed by atoms with Crippen molar-refractivity contribution in [1.82, 2.24) is 14.7 Å². The molecule has 1 fully saturated rings. The Bertz CT molecular complexity index is 352. The van der Waals surface area contributed by atoms with E-state index >= 15 is 0 Å². The van der Waals surface area contributed by atoms with Crippen molar-refractivity contribution in [3.63, 3.8) is 0 Å². The summed E-state index contributed by atoms with van der Waals surface area (Å²) < 4.78 is 2.93. The maximum absolute atomic E-state index is 10.7. The van der Waals surface area contributed by atoms with E-state index in [1.807, 2.05) is 10.9 Å². The number of nitrogens with zero attached hydrogens (tertiary/aromatic N) is 3. The quantitative estimate of drug-likeness (QED) is 0.798. The molecule has 1 aliphatic heterocycles. The van der Waals surface area contributed by atoms with Crippen molar-refractivity contribution < 1.29 is 9.90 Å². The first kappa shape index (κ1) is 9.75. The smallest absolute Gasteiger partial charge is 0.407 e. The molecule has 1 N–H and O–H groups in total. The molecule has 0 aromatic carbocycles. The van der Waals surface area contributed by atoms with E-state index < -0.39 is 6.09 Å². The van der Waals surface area contributed by atoms with Crippen LogP contribution in [0.25, 0.3) is 0 Å². The van der Waals surface area contributed by atoms with Crippen LogP contribution in [0, 0.1) is 3.57 Å². The van der Waals surface area contributed by atoms with Crippen molar-refractivity contribution in [3.05, 3.63) is 16.0 Å². The lowest BCUT2D eigenvalue weighted by molar-refractivity contribution is 0.154. The van der Waals surface area contributed by atoms with Gasteiger partial charge in [0.1, 0.15) is 0 Å². The lowest BCUT2D eigenvalue weighted by Crippen LogP contribution is -2.27. The van der Waals surface area contributed by atoms with Crippen LogP contribution in [-0.4, -0.2) is 39.0 Å². The fourth-order valence-electron chi connectivity index (χ4n) is 1.65. The number of amides is 1. The lowest BCUT2D eigenvalue weighted by Gasteiger charge is -2.12. The maximum atomic E-state index is 10.7. The van der Waals surface area contributed by atoms with Crippen molar-refractivity contribution in [2.45, 2.75) is 12.5 Å². The molecule has 1 amide bonds. The number of halogens is 1. The summed E-state index contributed by atoms with van der Waals surface area (Å²) in [7, 11) is 0. The molecular weight excluding hydrogens is 297 g/mol. The monoisotopic (exact) mass is 307 g/mol. The molecule has 2 heterocycles. The minimum atomic E-state index is -0.839. The van der Waals surface area contributed by atoms with Crippen LogP contribution in [0.2, 0.25) is 0 Å². The predicted molar refractivity (Wildman–Crippen MR) is 58.2 cm³/mol. The number of carbonyl (C=O) groups is 1. The summed E-state index contributed by atoms with van der Waals surface area (Å²) in [4.78, 5) is 12.1. The summed E-state index contributed by atoms with van der Waals surface area (Å²) in [6.45, 7) is 1.16. The summed E-state index contributed by atoms with van der Waals surface area (Å²) in [5.74, 6) is 0. The van der Waals surface area contributed by atoms with Crippen LogP contribution < -0.4 is 0 Å². The molecule has 0 spiro atoms. The molecule has 1 unspecified atom stereocenters. The molecule has 1 aromatic rings. The normalized spacial score (nSPS) is 21.5. The van der Waals surface area contributed by atoms with Gasteiger partial charge in [-0.25, -0.2) is 4.79 Å². The second-order valence-electron chi connectivity index (χ2n) is 3.31. The molecule has 1 aromatic heterocycles. The number of hydrogen-bond donors (Lipinski definition) is 1. The van der Waals surface area contributed by atoms with Crippen LogP contribution in [0.4, 0.5) is 4.79 Å². The highest BCUT2D eigenvalue weighted by Crippen LogP contribution is 2.21. The van der Waals surface area contributed by atoms with Crippen LogP contribution in [-0.2, 0) is 0 Å². The van der Waals surface area contributed by atoms with E-state index in [-0.39, 0.29) is 6.04 Å². The van der Waals surface area contributed by atoms with Crippen molar-refractivity contribution >= 4 is 28.7 Å². The molecule has 1 aliphatic rings. The highest BCUT2D eigenvalue weighted by atomic mass is 127. The van der Waals surface area contributed by atoms with Gasteiger partial charge in [-0.3, -0.25) is 4.68 Å². The zero-order valence-corrected chi connectivity index (χ0v) is 9.59. The summed E-state index contributed by atoms with van der Waals surface area (Å²) in [6, 6.07) is 0.203. The minimum absolute atomic E-state index is 0.203. The Morgan fingerprint density at radius 3 is 3.00 bits per heavy atom. The zero-order chi connectivity index (χ0) is 10.1. The fraction of sp³-hybridized carbons (Fsp3) is 0.500. The molecule has 0 bridgehead atoms. The molecule has 0 saturated carbocycles. The summed E-state index contributed by atoms with van der Waals surface area (Å²) in [5, 5.41) is 13.0. The van der Waals surface area contributed by atoms with E-state index in [0.717, 1.165) is 9.99 Å². The van der Waals surface area contributed by atoms with Crippen LogP contribution in [0.1, 0.15) is 12.5 Å². The highest BCUT2D eigenvalue weighted by molar-refractivity contribution is 14.1. The van der Waals surface area contributed by atoms with Crippen LogP contribution in [0.3, 0.4) is 0 Å². The largest absolute Gasteiger partial charge is 0.465 e. The Morgan fingerprint density at radius 2 is 2.50 bits per heavy atom. The molecular formula is C8H10IN3O2. The molecule has 2 rings (SSSR count). The Balaban J connectivity index is 2.05. The van der Waals surface area contributed by atoms with Crippen molar-refractivity contribution in [3.8, 4) is 0 Å². The van der Waals surface area contributed by atoms with Gasteiger partial charge < -0.3 is 10.0 Å². The first-order chi connectivity index (χ1) is 6.66. The minimum Gasteiger partial charge on any atom is -0.465 e. The van der Waals surface area contributed by atoms with E-state index in [2.05, 4.69) is 27.7 Å². The average molecular weight is 307 g/mol. The number of likely N-dealkylation sites (tertiary alicyclic amines) is 1. The van der Waals surface area contributed by atoms with Crippen molar-refractivity contribution in [2.75, 3.05) is 13.1 Å². The van der Waals surface area contributed by atoms with Gasteiger partial charge in [-0.2, -0.15) is 5.10 Å². The molecule has 1 saturated heterocycles. The van der Waals surface area contributed by atoms with Crippen molar-refractivity contribution in [1.29, 1.82) is 0 Å². The van der Waals surface area contributed by atoms with Gasteiger partial charge in [0.15, 0.2) is 0 Å². The summed E-state index contributed by atoms with van der Waals surface area (Å²) >= 11 is 2.19. The van der Waals surface area contributed by atoms with Crippen LogP contribution >= 0.6 is 22.6 Å². The number of aromatic nitrogens is 2. The van der Waals surface area contributed by atoms with Gasteiger partial charge in [0, 0.05) is 19.3 Å². The average Bonchev–Trinajstić information content (AvgIpc) is 2.70. The predicted octanol–water partition coefficient (Wildman–Crippen LogP) is 1.41. The summed E-state index contributed by atoms with van der Waals surface area (Å²) in [6.07, 6.45) is 3.74. The van der Waals surface area contributed by atoms with Gasteiger partial charge in [0.05, 0.1) is 15.8 Å². The number of carboxylic acid groups (broad SMARTS) is 1. The zero-order valence-electron chi connectivity index (χ0n) is 7.43. The van der Waals surface area contributed by atoms with Crippen LogP contribution in [0.5, 0.6) is 0 Å². The highest BCUT2D eigenvalue weighted by Gasteiger charge is 2.27. The molecule has 0 aliphatic carbocycles. The first-order valence-electron chi connectivity index (χ1n) is 4.34. The molecule has 14 heavy (non-hydrogen) atoms. The second-order valence-corrected chi connectivity index (χ2v) is 4.56. The van der Waals surface area contributed by atoms with E-state index in [0.29, 0.717) is 13.1 Å². The van der Waals surface area contributed by atoms with Gasteiger partial charge in [0.2, 0.25) is 0 Å². The Kier molecular flexibility index (Phi) is 2.62. The van der Waals surface area contributed by atoms with Gasteiger partial charge in [-0.15, -0.1) is 0 Å². The molecule has 0 radical (unpaired) electrons. The topological polar surface area (TPSA) is 58.4 Å². The first-order valence-corrected chi connectivity index (χ1v) is 5.42. The third-order valence-corrected chi connectivity index (χ3v) is 2.94. The SMILES string of the molecule is O=C(O)N1CCC(n2cc(I)cn2)C1. The molecule has 6 heteroatoms. The third-order valence-electron chi connectivity index (χ3n) is 2.38. The Labute approximate surface area is 94.8 Å². The van der Waals surface area contributed by atoms with Crippen molar-refractivity contribution in [2.24, 2.45) is 0 Å².